The predicted octanol–water partition coefficient (Wildman–Crippen LogP) is 9.40. The number of para-hydroxylation sites is 3. The van der Waals surface area contributed by atoms with Crippen molar-refractivity contribution in [3.05, 3.63) is 152 Å². The van der Waals surface area contributed by atoms with Gasteiger partial charge in [-0.25, -0.2) is 4.98 Å². The Hall–Kier alpha value is -6.07. The quantitative estimate of drug-likeness (QED) is 0.214. The SMILES string of the molecule is [2H]c1ccc2c(c1)c1c3c4ccccc4n(-c4nc(-c5ccccc5)nc(-c5ccccc5)n4)c3ccc1n2-c1ccccc1. The van der Waals surface area contributed by atoms with Gasteiger partial charge in [-0.05, 0) is 36.4 Å². The second-order valence-corrected chi connectivity index (χ2v) is 10.8. The van der Waals surface area contributed by atoms with E-state index in [0.29, 0.717) is 23.6 Å². The van der Waals surface area contributed by atoms with E-state index in [1.165, 1.54) is 0 Å². The van der Waals surface area contributed by atoms with Crippen molar-refractivity contribution in [3.63, 3.8) is 0 Å². The first kappa shape index (κ1) is 23.5. The van der Waals surface area contributed by atoms with Crippen LogP contribution in [0.2, 0.25) is 0 Å². The summed E-state index contributed by atoms with van der Waals surface area (Å²) in [4.78, 5) is 15.1. The van der Waals surface area contributed by atoms with Crippen LogP contribution in [0.15, 0.2) is 152 Å². The molecule has 0 aliphatic heterocycles. The number of nitrogens with zero attached hydrogens (tertiary/aromatic N) is 5. The molecule has 0 spiro atoms. The molecule has 0 bridgehead atoms. The van der Waals surface area contributed by atoms with Crippen molar-refractivity contribution in [1.29, 1.82) is 0 Å². The highest BCUT2D eigenvalue weighted by molar-refractivity contribution is 6.28. The van der Waals surface area contributed by atoms with Gasteiger partial charge >= 0.3 is 0 Å². The zero-order valence-corrected chi connectivity index (χ0v) is 23.6. The third kappa shape index (κ3) is 3.69. The zero-order chi connectivity index (χ0) is 29.9. The summed E-state index contributed by atoms with van der Waals surface area (Å²) in [5.41, 5.74) is 7.08. The Morgan fingerprint density at radius 1 is 0.409 bits per heavy atom. The van der Waals surface area contributed by atoms with E-state index in [1.807, 2.05) is 78.9 Å². The molecule has 0 amide bonds. The Kier molecular flexibility index (Phi) is 5.20. The molecular weight excluding hydrogens is 538 g/mol. The van der Waals surface area contributed by atoms with Gasteiger partial charge in [-0.1, -0.05) is 115 Å². The normalized spacial score (nSPS) is 12.0. The highest BCUT2D eigenvalue weighted by Gasteiger charge is 2.22. The molecule has 44 heavy (non-hydrogen) atoms. The molecule has 0 fully saturated rings. The first-order valence-corrected chi connectivity index (χ1v) is 14.6. The minimum absolute atomic E-state index is 0.479. The van der Waals surface area contributed by atoms with Crippen molar-refractivity contribution >= 4 is 43.6 Å². The Bertz CT molecular complexity index is 2480. The summed E-state index contributed by atoms with van der Waals surface area (Å²) in [6.07, 6.45) is 0. The molecule has 6 aromatic carbocycles. The minimum atomic E-state index is 0.479. The van der Waals surface area contributed by atoms with E-state index in [0.717, 1.165) is 60.4 Å². The van der Waals surface area contributed by atoms with Gasteiger partial charge in [0.15, 0.2) is 11.6 Å². The molecule has 9 aromatic rings. The summed E-state index contributed by atoms with van der Waals surface area (Å²) in [5.74, 6) is 1.79. The second kappa shape index (κ2) is 9.75. The lowest BCUT2D eigenvalue weighted by Crippen LogP contribution is -2.06. The molecule has 3 aromatic heterocycles. The monoisotopic (exact) mass is 564 g/mol. The molecule has 3 heterocycles. The Morgan fingerprint density at radius 2 is 0.909 bits per heavy atom. The highest BCUT2D eigenvalue weighted by atomic mass is 15.2. The largest absolute Gasteiger partial charge is 0.309 e. The lowest BCUT2D eigenvalue weighted by atomic mass is 10.1. The average Bonchev–Trinajstić information content (AvgIpc) is 3.61. The Morgan fingerprint density at radius 3 is 1.57 bits per heavy atom. The van der Waals surface area contributed by atoms with Crippen LogP contribution in [0.5, 0.6) is 0 Å². The number of fused-ring (bicyclic) bond motifs is 7. The van der Waals surface area contributed by atoms with Gasteiger partial charge < -0.3 is 4.57 Å². The van der Waals surface area contributed by atoms with E-state index in [2.05, 4.69) is 75.9 Å². The van der Waals surface area contributed by atoms with Crippen LogP contribution in [0.25, 0.3) is 78.0 Å². The second-order valence-electron chi connectivity index (χ2n) is 10.8. The molecule has 5 heteroatoms. The molecule has 0 saturated heterocycles. The van der Waals surface area contributed by atoms with Crippen molar-refractivity contribution in [2.45, 2.75) is 0 Å². The van der Waals surface area contributed by atoms with E-state index in [4.69, 9.17) is 16.3 Å². The van der Waals surface area contributed by atoms with E-state index in [1.54, 1.807) is 0 Å². The number of rotatable bonds is 4. The number of hydrogen-bond donors (Lipinski definition) is 0. The van der Waals surface area contributed by atoms with Crippen molar-refractivity contribution in [2.75, 3.05) is 0 Å². The molecule has 0 radical (unpaired) electrons. The topological polar surface area (TPSA) is 48.5 Å². The molecule has 0 aliphatic carbocycles. The molecule has 5 nitrogen and oxygen atoms in total. The molecule has 0 aliphatic rings. The van der Waals surface area contributed by atoms with Crippen LogP contribution in [0.1, 0.15) is 1.37 Å². The summed E-state index contributed by atoms with van der Waals surface area (Å²) >= 11 is 0. The Labute approximate surface area is 254 Å². The van der Waals surface area contributed by atoms with Crippen LogP contribution in [-0.2, 0) is 0 Å². The number of hydrogen-bond acceptors (Lipinski definition) is 3. The fourth-order valence-electron chi connectivity index (χ4n) is 6.42. The minimum Gasteiger partial charge on any atom is -0.309 e. The van der Waals surface area contributed by atoms with Crippen LogP contribution in [0, 0.1) is 0 Å². The van der Waals surface area contributed by atoms with Gasteiger partial charge in [0.1, 0.15) is 0 Å². The van der Waals surface area contributed by atoms with E-state index < -0.39 is 0 Å². The summed E-state index contributed by atoms with van der Waals surface area (Å²) in [6, 6.07) is 49.7. The van der Waals surface area contributed by atoms with Crippen LogP contribution < -0.4 is 0 Å². The van der Waals surface area contributed by atoms with E-state index in [9.17, 15) is 0 Å². The van der Waals surface area contributed by atoms with Gasteiger partial charge in [-0.15, -0.1) is 0 Å². The summed E-state index contributed by atoms with van der Waals surface area (Å²) < 4.78 is 13.0. The fourth-order valence-corrected chi connectivity index (χ4v) is 6.42. The lowest BCUT2D eigenvalue weighted by Gasteiger charge is -2.11. The summed E-state index contributed by atoms with van der Waals surface area (Å²) in [7, 11) is 0. The molecule has 0 saturated carbocycles. The van der Waals surface area contributed by atoms with E-state index in [-0.39, 0.29) is 0 Å². The van der Waals surface area contributed by atoms with Crippen molar-refractivity contribution in [1.82, 2.24) is 24.1 Å². The first-order chi connectivity index (χ1) is 22.2. The number of aromatic nitrogens is 5. The highest BCUT2D eigenvalue weighted by Crippen LogP contribution is 2.42. The summed E-state index contributed by atoms with van der Waals surface area (Å²) in [5, 5.41) is 4.36. The zero-order valence-electron chi connectivity index (χ0n) is 24.6. The smallest absolute Gasteiger partial charge is 0.238 e. The third-order valence-corrected chi connectivity index (χ3v) is 8.31. The number of benzene rings is 6. The predicted molar refractivity (Wildman–Crippen MR) is 179 cm³/mol. The van der Waals surface area contributed by atoms with E-state index >= 15 is 0 Å². The molecule has 0 unspecified atom stereocenters. The third-order valence-electron chi connectivity index (χ3n) is 8.31. The Balaban J connectivity index is 1.42. The van der Waals surface area contributed by atoms with Gasteiger partial charge in [-0.3, -0.25) is 4.57 Å². The average molecular weight is 565 g/mol. The molecule has 9 rings (SSSR count). The molecular formula is C39H25N5. The van der Waals surface area contributed by atoms with Crippen molar-refractivity contribution in [3.8, 4) is 34.4 Å². The molecule has 0 N–H and O–H groups in total. The van der Waals surface area contributed by atoms with Gasteiger partial charge in [0, 0.05) is 38.4 Å². The van der Waals surface area contributed by atoms with Gasteiger partial charge in [0.05, 0.1) is 23.4 Å². The van der Waals surface area contributed by atoms with Gasteiger partial charge in [0.25, 0.3) is 0 Å². The van der Waals surface area contributed by atoms with Gasteiger partial charge in [-0.2, -0.15) is 9.97 Å². The summed E-state index contributed by atoms with van der Waals surface area (Å²) in [6.45, 7) is 0. The lowest BCUT2D eigenvalue weighted by molar-refractivity contribution is 0.953. The van der Waals surface area contributed by atoms with Crippen molar-refractivity contribution in [2.24, 2.45) is 0 Å². The maximum atomic E-state index is 8.55. The fraction of sp³-hybridized carbons (Fsp3) is 0. The maximum absolute atomic E-state index is 8.55. The maximum Gasteiger partial charge on any atom is 0.238 e. The van der Waals surface area contributed by atoms with Crippen LogP contribution in [0.3, 0.4) is 0 Å². The molecule has 0 atom stereocenters. The van der Waals surface area contributed by atoms with Crippen LogP contribution in [0.4, 0.5) is 0 Å². The first-order valence-electron chi connectivity index (χ1n) is 15.1. The van der Waals surface area contributed by atoms with Crippen LogP contribution in [-0.4, -0.2) is 24.1 Å². The van der Waals surface area contributed by atoms with Crippen LogP contribution >= 0.6 is 0 Å². The van der Waals surface area contributed by atoms with Gasteiger partial charge in [0.2, 0.25) is 5.95 Å². The molecule has 206 valence electrons. The standard InChI is InChI=1S/C39H25N5/c1-4-14-26(15-5-1)37-40-38(27-16-6-2-7-17-27)42-39(41-37)44-32-23-13-11-21-30(32)36-34(44)25-24-33-35(36)29-20-10-12-22-31(29)43(33)28-18-8-3-9-19-28/h1-25H/i10D. The van der Waals surface area contributed by atoms with Crippen molar-refractivity contribution < 1.29 is 1.37 Å².